The molecule has 12 rings (SSSR count). The Morgan fingerprint density at radius 1 is 0.535 bits per heavy atom. The second-order valence-corrected chi connectivity index (χ2v) is 23.8. The van der Waals surface area contributed by atoms with Crippen LogP contribution in [0.5, 0.6) is 11.5 Å². The summed E-state index contributed by atoms with van der Waals surface area (Å²) in [6.45, 7) is 30.8. The summed E-state index contributed by atoms with van der Waals surface area (Å²) in [5.74, 6) is 2.06. The van der Waals surface area contributed by atoms with Crippen LogP contribution in [0.3, 0.4) is 0 Å². The molecule has 2 aromatic heterocycles. The molecule has 1 spiro atoms. The second kappa shape index (κ2) is 16.0. The van der Waals surface area contributed by atoms with Gasteiger partial charge in [0.15, 0.2) is 0 Å². The van der Waals surface area contributed by atoms with Crippen LogP contribution in [0.2, 0.25) is 0 Å². The van der Waals surface area contributed by atoms with Gasteiger partial charge in [-0.1, -0.05) is 173 Å². The van der Waals surface area contributed by atoms with E-state index in [1.165, 1.54) is 61.3 Å². The zero-order valence-electron chi connectivity index (χ0n) is 42.9. The van der Waals surface area contributed by atoms with E-state index in [4.69, 9.17) is 9.72 Å². The first-order valence-electron chi connectivity index (χ1n) is 24.9. The van der Waals surface area contributed by atoms with E-state index in [2.05, 4.69) is 232 Å². The van der Waals surface area contributed by atoms with Gasteiger partial charge in [-0.25, -0.2) is 4.98 Å². The van der Waals surface area contributed by atoms with Crippen LogP contribution < -0.4 is 14.5 Å². The van der Waals surface area contributed by atoms with E-state index in [1.54, 1.807) is 0 Å². The first-order valence-corrected chi connectivity index (χ1v) is 24.9. The largest absolute Gasteiger partial charge is 0.509 e. The third-order valence-electron chi connectivity index (χ3n) is 15.0. The molecule has 6 heteroatoms. The monoisotopic (exact) mass is 1110 g/mol. The number of hydrogen-bond donors (Lipinski definition) is 0. The zero-order valence-corrected chi connectivity index (χ0v) is 45.2. The number of aromatic nitrogens is 2. The van der Waals surface area contributed by atoms with Gasteiger partial charge in [-0.15, -0.1) is 41.9 Å². The molecular weight excluding hydrogens is 1050 g/mol. The van der Waals surface area contributed by atoms with Crippen molar-refractivity contribution in [2.24, 2.45) is 0 Å². The maximum atomic E-state index is 7.00. The van der Waals surface area contributed by atoms with Crippen molar-refractivity contribution < 1.29 is 25.8 Å². The van der Waals surface area contributed by atoms with Crippen molar-refractivity contribution in [3.63, 3.8) is 0 Å². The van der Waals surface area contributed by atoms with Crippen molar-refractivity contribution in [3.8, 4) is 28.4 Å². The van der Waals surface area contributed by atoms with Gasteiger partial charge < -0.3 is 19.1 Å². The Morgan fingerprint density at radius 3 is 1.76 bits per heavy atom. The van der Waals surface area contributed by atoms with Crippen molar-refractivity contribution in [1.82, 2.24) is 9.55 Å². The number of fused-ring (bicyclic) bond motifs is 12. The fourth-order valence-electron chi connectivity index (χ4n) is 11.6. The molecule has 0 radical (unpaired) electrons. The number of anilines is 4. The molecule has 0 atom stereocenters. The number of benzene rings is 7. The first-order chi connectivity index (χ1) is 33.2. The van der Waals surface area contributed by atoms with E-state index in [9.17, 15) is 0 Å². The summed E-state index contributed by atoms with van der Waals surface area (Å²) in [7, 11) is 0. The fraction of sp³-hybridized carbons (Fsp3) is 0.262. The molecule has 0 unspecified atom stereocenters. The molecule has 0 saturated carbocycles. The van der Waals surface area contributed by atoms with Crippen molar-refractivity contribution in [3.05, 3.63) is 209 Å². The Bertz CT molecular complexity index is 3520. The third-order valence-corrected chi connectivity index (χ3v) is 15.0. The Kier molecular flexibility index (Phi) is 10.6. The summed E-state index contributed by atoms with van der Waals surface area (Å²) >= 11 is 0. The third kappa shape index (κ3) is 7.08. The summed E-state index contributed by atoms with van der Waals surface area (Å²) in [4.78, 5) is 9.51. The number of pyridine rings is 1. The minimum atomic E-state index is -0.718. The Hall–Kier alpha value is -6.42. The molecule has 0 fully saturated rings. The van der Waals surface area contributed by atoms with Crippen LogP contribution in [-0.4, -0.2) is 9.55 Å². The minimum Gasteiger partial charge on any atom is -0.509 e. The summed E-state index contributed by atoms with van der Waals surface area (Å²) < 4.78 is 9.18. The molecule has 360 valence electrons. The van der Waals surface area contributed by atoms with Gasteiger partial charge in [0.1, 0.15) is 5.82 Å². The van der Waals surface area contributed by atoms with Crippen LogP contribution in [-0.2, 0) is 48.1 Å². The molecule has 5 nitrogen and oxygen atoms in total. The summed E-state index contributed by atoms with van der Waals surface area (Å²) in [5.41, 5.74) is 18.4. The molecule has 4 heterocycles. The van der Waals surface area contributed by atoms with E-state index in [0.29, 0.717) is 11.5 Å². The Balaban J connectivity index is 0.00000547. The maximum Gasteiger partial charge on any atom is 0.135 e. The van der Waals surface area contributed by atoms with Gasteiger partial charge in [0.2, 0.25) is 0 Å². The van der Waals surface area contributed by atoms with E-state index in [0.717, 1.165) is 44.7 Å². The van der Waals surface area contributed by atoms with Crippen molar-refractivity contribution in [2.75, 3.05) is 9.80 Å². The molecule has 71 heavy (non-hydrogen) atoms. The molecular formula is C65H61N4OPt-3. The van der Waals surface area contributed by atoms with Gasteiger partial charge in [0, 0.05) is 66.8 Å². The molecule has 2 aliphatic heterocycles. The van der Waals surface area contributed by atoms with Crippen LogP contribution in [0.25, 0.3) is 38.8 Å². The molecule has 0 amide bonds. The zero-order chi connectivity index (χ0) is 48.9. The summed E-state index contributed by atoms with van der Waals surface area (Å²) in [6.07, 6.45) is 1.84. The van der Waals surface area contributed by atoms with Gasteiger partial charge in [-0.2, -0.15) is 12.1 Å². The summed E-state index contributed by atoms with van der Waals surface area (Å²) in [6, 6.07) is 58.8. The van der Waals surface area contributed by atoms with Crippen molar-refractivity contribution in [1.29, 1.82) is 0 Å². The predicted octanol–water partition coefficient (Wildman–Crippen LogP) is 16.8. The first kappa shape index (κ1) is 46.9. The number of hydrogen-bond acceptors (Lipinski definition) is 4. The molecule has 9 aromatic rings. The molecule has 0 N–H and O–H groups in total. The predicted molar refractivity (Wildman–Crippen MR) is 290 cm³/mol. The Morgan fingerprint density at radius 2 is 1.14 bits per heavy atom. The molecule has 0 saturated heterocycles. The van der Waals surface area contributed by atoms with Crippen LogP contribution in [0.1, 0.15) is 128 Å². The molecule has 3 aliphatic rings. The normalized spacial score (nSPS) is 14.6. The van der Waals surface area contributed by atoms with Crippen LogP contribution in [0.4, 0.5) is 22.7 Å². The van der Waals surface area contributed by atoms with E-state index in [1.807, 2.05) is 30.5 Å². The fourth-order valence-corrected chi connectivity index (χ4v) is 11.6. The maximum absolute atomic E-state index is 7.00. The van der Waals surface area contributed by atoms with E-state index in [-0.39, 0.29) is 42.7 Å². The van der Waals surface area contributed by atoms with Gasteiger partial charge in [0.25, 0.3) is 0 Å². The van der Waals surface area contributed by atoms with Crippen molar-refractivity contribution >= 4 is 44.6 Å². The van der Waals surface area contributed by atoms with E-state index >= 15 is 0 Å². The Labute approximate surface area is 434 Å². The van der Waals surface area contributed by atoms with Gasteiger partial charge in [-0.3, -0.25) is 0 Å². The second-order valence-electron chi connectivity index (χ2n) is 23.8. The van der Waals surface area contributed by atoms with Gasteiger partial charge >= 0.3 is 0 Å². The number of ether oxygens (including phenoxy) is 1. The average molecular weight is 1110 g/mol. The molecule has 7 aromatic carbocycles. The van der Waals surface area contributed by atoms with Gasteiger partial charge in [0.05, 0.1) is 0 Å². The molecule has 0 bridgehead atoms. The summed E-state index contributed by atoms with van der Waals surface area (Å²) in [5, 5.41) is 2.23. The SMILES string of the molecule is CC(C)(C)c1cc2c(c(C(C)(C)C)c1)C1(c3ccc(Oc4[c-]c5c(cc4)c4ccccc4n5-c4ccccn4)[c-]c3N3[CH-]N(c4ccccc4)c4cccc1c43)c1c-2cc(C(C)(C)C)cc1C(C)(C)C.[Pt]. The minimum absolute atomic E-state index is 0. The van der Waals surface area contributed by atoms with E-state index < -0.39 is 5.41 Å². The average Bonchev–Trinajstić information content (AvgIpc) is 3.97. The van der Waals surface area contributed by atoms with Gasteiger partial charge in [-0.05, 0) is 114 Å². The molecule has 1 aliphatic carbocycles. The quantitative estimate of drug-likeness (QED) is 0.165. The number of para-hydroxylation sites is 3. The standard InChI is InChI=1S/C65H61N4O.Pt/c1-61(2,3)40-33-47-48-34-41(62(4,5)6)36-52(64(10,11)12)59(48)65(58(47)51(35-40)63(7,8)9)49-31-29-44(38-56(49)68-39-67(42-21-14-13-15-22-42)54-26-20-24-50(65)60(54)68)70-43-28-30-46-45-23-16-17-25-53(45)69(55(46)37-43)57-27-18-19-32-66-57;/h13-36,39H,1-12H3;/q-3;. The topological polar surface area (TPSA) is 33.5 Å². The van der Waals surface area contributed by atoms with Crippen molar-refractivity contribution in [2.45, 2.75) is 110 Å². The van der Waals surface area contributed by atoms with Crippen LogP contribution >= 0.6 is 0 Å². The number of rotatable bonds is 4. The van der Waals surface area contributed by atoms with Crippen LogP contribution in [0.15, 0.2) is 146 Å². The smallest absolute Gasteiger partial charge is 0.135 e. The number of nitrogens with zero attached hydrogens (tertiary/aromatic N) is 4. The van der Waals surface area contributed by atoms with Crippen LogP contribution in [0, 0.1) is 18.8 Å².